The minimum absolute atomic E-state index is 0.0587. The molecule has 0 aliphatic rings. The Labute approximate surface area is 123 Å². The maximum absolute atomic E-state index is 12.2. The molecule has 0 saturated heterocycles. The van der Waals surface area contributed by atoms with E-state index in [9.17, 15) is 9.59 Å². The standard InChI is InChI=1S/C16H18N2O3/c1-2-18(11-10-15(19)20)16(21)17-14-9-5-7-12-6-3-4-8-13(12)14/h3-9H,2,10-11H2,1H3,(H,17,21)(H,19,20). The van der Waals surface area contributed by atoms with Crippen LogP contribution >= 0.6 is 0 Å². The van der Waals surface area contributed by atoms with Crippen LogP contribution in [0.3, 0.4) is 0 Å². The lowest BCUT2D eigenvalue weighted by atomic mass is 10.1. The molecular weight excluding hydrogens is 268 g/mol. The van der Waals surface area contributed by atoms with Crippen LogP contribution in [0.4, 0.5) is 10.5 Å². The van der Waals surface area contributed by atoms with E-state index in [4.69, 9.17) is 5.11 Å². The van der Waals surface area contributed by atoms with Crippen molar-refractivity contribution in [3.05, 3.63) is 42.5 Å². The van der Waals surface area contributed by atoms with Crippen molar-refractivity contribution >= 4 is 28.5 Å². The largest absolute Gasteiger partial charge is 0.481 e. The molecule has 0 aliphatic carbocycles. The molecule has 2 aromatic rings. The van der Waals surface area contributed by atoms with E-state index in [1.807, 2.05) is 49.4 Å². The van der Waals surface area contributed by atoms with E-state index in [1.54, 1.807) is 0 Å². The summed E-state index contributed by atoms with van der Waals surface area (Å²) in [5.41, 5.74) is 0.729. The van der Waals surface area contributed by atoms with E-state index in [0.29, 0.717) is 6.54 Å². The van der Waals surface area contributed by atoms with Crippen molar-refractivity contribution in [2.45, 2.75) is 13.3 Å². The van der Waals surface area contributed by atoms with Crippen molar-refractivity contribution in [2.24, 2.45) is 0 Å². The monoisotopic (exact) mass is 286 g/mol. The van der Waals surface area contributed by atoms with E-state index < -0.39 is 5.97 Å². The molecule has 5 heteroatoms. The Morgan fingerprint density at radius 3 is 2.57 bits per heavy atom. The second-order valence-electron chi connectivity index (χ2n) is 4.68. The Morgan fingerprint density at radius 2 is 1.86 bits per heavy atom. The van der Waals surface area contributed by atoms with Crippen LogP contribution in [0, 0.1) is 0 Å². The SMILES string of the molecule is CCN(CCC(=O)O)C(=O)Nc1cccc2ccccc12. The average molecular weight is 286 g/mol. The van der Waals surface area contributed by atoms with Crippen molar-refractivity contribution in [3.8, 4) is 0 Å². The molecule has 0 saturated carbocycles. The molecule has 2 aromatic carbocycles. The van der Waals surface area contributed by atoms with E-state index in [2.05, 4.69) is 5.32 Å². The van der Waals surface area contributed by atoms with Gasteiger partial charge in [-0.3, -0.25) is 4.79 Å². The highest BCUT2D eigenvalue weighted by atomic mass is 16.4. The van der Waals surface area contributed by atoms with Gasteiger partial charge in [-0.05, 0) is 18.4 Å². The fourth-order valence-electron chi connectivity index (χ4n) is 2.16. The Morgan fingerprint density at radius 1 is 1.14 bits per heavy atom. The second kappa shape index (κ2) is 6.74. The van der Waals surface area contributed by atoms with E-state index >= 15 is 0 Å². The number of carboxylic acid groups (broad SMARTS) is 1. The van der Waals surface area contributed by atoms with Gasteiger partial charge in [-0.2, -0.15) is 0 Å². The number of carboxylic acids is 1. The van der Waals surface area contributed by atoms with Gasteiger partial charge in [-0.25, -0.2) is 4.79 Å². The number of rotatable bonds is 5. The zero-order valence-electron chi connectivity index (χ0n) is 11.9. The van der Waals surface area contributed by atoms with Crippen molar-refractivity contribution in [1.29, 1.82) is 0 Å². The fourth-order valence-corrected chi connectivity index (χ4v) is 2.16. The summed E-state index contributed by atoms with van der Waals surface area (Å²) in [6.07, 6.45) is -0.0587. The van der Waals surface area contributed by atoms with Crippen LogP contribution in [0.2, 0.25) is 0 Å². The zero-order chi connectivity index (χ0) is 15.2. The number of hydrogen-bond acceptors (Lipinski definition) is 2. The number of amides is 2. The normalized spacial score (nSPS) is 10.3. The molecule has 0 bridgehead atoms. The number of urea groups is 1. The summed E-state index contributed by atoms with van der Waals surface area (Å²) in [6.45, 7) is 2.48. The third-order valence-corrected chi connectivity index (χ3v) is 3.30. The molecule has 2 N–H and O–H groups in total. The molecule has 2 rings (SSSR count). The van der Waals surface area contributed by atoms with Gasteiger partial charge in [0.05, 0.1) is 12.1 Å². The minimum atomic E-state index is -0.911. The Kier molecular flexibility index (Phi) is 4.77. The first-order valence-corrected chi connectivity index (χ1v) is 6.87. The number of nitrogens with one attached hydrogen (secondary N) is 1. The summed E-state index contributed by atoms with van der Waals surface area (Å²) in [5.74, 6) is -0.911. The van der Waals surface area contributed by atoms with Crippen molar-refractivity contribution < 1.29 is 14.7 Å². The summed E-state index contributed by atoms with van der Waals surface area (Å²) >= 11 is 0. The van der Waals surface area contributed by atoms with Crippen LogP contribution in [0.25, 0.3) is 10.8 Å². The van der Waals surface area contributed by atoms with E-state index in [-0.39, 0.29) is 19.0 Å². The van der Waals surface area contributed by atoms with Gasteiger partial charge in [0.2, 0.25) is 0 Å². The van der Waals surface area contributed by atoms with Crippen LogP contribution in [-0.4, -0.2) is 35.1 Å². The van der Waals surface area contributed by atoms with Crippen molar-refractivity contribution in [1.82, 2.24) is 4.90 Å². The number of aliphatic carboxylic acids is 1. The average Bonchev–Trinajstić information content (AvgIpc) is 2.48. The Hall–Kier alpha value is -2.56. The van der Waals surface area contributed by atoms with Gasteiger partial charge < -0.3 is 15.3 Å². The number of carbonyl (C=O) groups is 2. The molecule has 0 aliphatic heterocycles. The van der Waals surface area contributed by atoms with Crippen molar-refractivity contribution in [3.63, 3.8) is 0 Å². The molecule has 0 atom stereocenters. The lowest BCUT2D eigenvalue weighted by Gasteiger charge is -2.21. The van der Waals surface area contributed by atoms with Gasteiger partial charge >= 0.3 is 12.0 Å². The van der Waals surface area contributed by atoms with Crippen LogP contribution in [-0.2, 0) is 4.79 Å². The first-order chi connectivity index (χ1) is 10.1. The predicted octanol–water partition coefficient (Wildman–Crippen LogP) is 3.17. The number of carbonyl (C=O) groups excluding carboxylic acids is 1. The maximum Gasteiger partial charge on any atom is 0.321 e. The molecule has 0 spiro atoms. The number of anilines is 1. The summed E-state index contributed by atoms with van der Waals surface area (Å²) in [7, 11) is 0. The lowest BCUT2D eigenvalue weighted by molar-refractivity contribution is -0.137. The fraction of sp³-hybridized carbons (Fsp3) is 0.250. The maximum atomic E-state index is 12.2. The number of nitrogens with zero attached hydrogens (tertiary/aromatic N) is 1. The number of benzene rings is 2. The molecule has 0 aromatic heterocycles. The lowest BCUT2D eigenvalue weighted by Crippen LogP contribution is -2.36. The first-order valence-electron chi connectivity index (χ1n) is 6.87. The molecule has 2 amide bonds. The molecule has 21 heavy (non-hydrogen) atoms. The number of hydrogen-bond donors (Lipinski definition) is 2. The highest BCUT2D eigenvalue weighted by molar-refractivity contribution is 6.01. The zero-order valence-corrected chi connectivity index (χ0v) is 11.9. The van der Waals surface area contributed by atoms with Gasteiger partial charge in [0.15, 0.2) is 0 Å². The Balaban J connectivity index is 2.15. The van der Waals surface area contributed by atoms with Crippen LogP contribution in [0.15, 0.2) is 42.5 Å². The van der Waals surface area contributed by atoms with Gasteiger partial charge in [0, 0.05) is 18.5 Å². The molecule has 5 nitrogen and oxygen atoms in total. The van der Waals surface area contributed by atoms with Gasteiger partial charge in [0.25, 0.3) is 0 Å². The van der Waals surface area contributed by atoms with Crippen molar-refractivity contribution in [2.75, 3.05) is 18.4 Å². The summed E-state index contributed by atoms with van der Waals surface area (Å²) in [4.78, 5) is 24.3. The van der Waals surface area contributed by atoms with Gasteiger partial charge in [0.1, 0.15) is 0 Å². The predicted molar refractivity (Wildman–Crippen MR) is 82.5 cm³/mol. The first kappa shape index (κ1) is 14.8. The van der Waals surface area contributed by atoms with Crippen LogP contribution < -0.4 is 5.32 Å². The van der Waals surface area contributed by atoms with Crippen LogP contribution in [0.1, 0.15) is 13.3 Å². The van der Waals surface area contributed by atoms with Crippen LogP contribution in [0.5, 0.6) is 0 Å². The molecular formula is C16H18N2O3. The molecule has 0 radical (unpaired) electrons. The molecule has 0 unspecified atom stereocenters. The topological polar surface area (TPSA) is 69.6 Å². The third kappa shape index (κ3) is 3.72. The molecule has 110 valence electrons. The minimum Gasteiger partial charge on any atom is -0.481 e. The summed E-state index contributed by atoms with van der Waals surface area (Å²) < 4.78 is 0. The quantitative estimate of drug-likeness (QED) is 0.887. The summed E-state index contributed by atoms with van der Waals surface area (Å²) in [6, 6.07) is 13.2. The highest BCUT2D eigenvalue weighted by Crippen LogP contribution is 2.23. The highest BCUT2D eigenvalue weighted by Gasteiger charge is 2.13. The van der Waals surface area contributed by atoms with Gasteiger partial charge in [-0.15, -0.1) is 0 Å². The summed E-state index contributed by atoms with van der Waals surface area (Å²) in [5, 5.41) is 13.6. The smallest absolute Gasteiger partial charge is 0.321 e. The van der Waals surface area contributed by atoms with E-state index in [1.165, 1.54) is 4.90 Å². The Bertz CT molecular complexity index is 650. The van der Waals surface area contributed by atoms with E-state index in [0.717, 1.165) is 16.5 Å². The third-order valence-electron chi connectivity index (χ3n) is 3.30. The second-order valence-corrected chi connectivity index (χ2v) is 4.68. The molecule has 0 fully saturated rings. The number of fused-ring (bicyclic) bond motifs is 1. The van der Waals surface area contributed by atoms with Gasteiger partial charge in [-0.1, -0.05) is 36.4 Å². The molecule has 0 heterocycles.